The summed E-state index contributed by atoms with van der Waals surface area (Å²) in [6.45, 7) is 7.75. The maximum absolute atomic E-state index is 3.88. The molecule has 0 spiro atoms. The fourth-order valence-corrected chi connectivity index (χ4v) is 2.35. The molecule has 0 heterocycles. The molecule has 0 aliphatic rings. The first kappa shape index (κ1) is 18.7. The topological polar surface area (TPSA) is 0 Å². The van der Waals surface area contributed by atoms with E-state index in [0.717, 1.165) is 12.8 Å². The molecule has 0 N–H and O–H groups in total. The molecule has 0 aromatic carbocycles. The number of hydrogen-bond acceptors (Lipinski definition) is 0. The van der Waals surface area contributed by atoms with Crippen LogP contribution in [-0.2, 0) is 0 Å². The van der Waals surface area contributed by atoms with Crippen LogP contribution in [0, 0.1) is 13.8 Å². The van der Waals surface area contributed by atoms with E-state index in [1.807, 2.05) is 0 Å². The summed E-state index contributed by atoms with van der Waals surface area (Å²) < 4.78 is 0. The third-order valence-electron chi connectivity index (χ3n) is 3.66. The average Bonchev–Trinajstić information content (AvgIpc) is 2.43. The molecule has 0 atom stereocenters. The minimum atomic E-state index is 1.10. The third-order valence-corrected chi connectivity index (χ3v) is 3.66. The summed E-state index contributed by atoms with van der Waals surface area (Å²) in [5, 5.41) is 0. The lowest BCUT2D eigenvalue weighted by molar-refractivity contribution is 0.583. The van der Waals surface area contributed by atoms with Gasteiger partial charge in [0, 0.05) is 0 Å². The van der Waals surface area contributed by atoms with Gasteiger partial charge in [-0.1, -0.05) is 96.6 Å². The molecule has 0 saturated carbocycles. The van der Waals surface area contributed by atoms with Gasteiger partial charge in [0.1, 0.15) is 0 Å². The number of unbranched alkanes of at least 4 members (excludes halogenated alkanes) is 13. The highest BCUT2D eigenvalue weighted by Gasteiger charge is 1.90. The van der Waals surface area contributed by atoms with Crippen molar-refractivity contribution in [2.45, 2.75) is 96.3 Å². The molecule has 0 heteroatoms. The second-order valence-electron chi connectivity index (χ2n) is 5.64. The van der Waals surface area contributed by atoms with Crippen LogP contribution in [0.4, 0.5) is 0 Å². The average molecular weight is 264 g/mol. The molecule has 0 amide bonds. The Morgan fingerprint density at radius 1 is 0.421 bits per heavy atom. The van der Waals surface area contributed by atoms with Gasteiger partial charge in [-0.2, -0.15) is 0 Å². The second-order valence-corrected chi connectivity index (χ2v) is 5.64. The van der Waals surface area contributed by atoms with Crippen molar-refractivity contribution >= 4 is 0 Å². The molecule has 0 aromatic heterocycles. The van der Waals surface area contributed by atoms with Crippen molar-refractivity contribution in [2.24, 2.45) is 0 Å². The molecule has 0 nitrogen and oxygen atoms in total. The van der Waals surface area contributed by atoms with Crippen LogP contribution >= 0.6 is 0 Å². The molecule has 19 heavy (non-hydrogen) atoms. The Kier molecular flexibility index (Phi) is 17.5. The lowest BCUT2D eigenvalue weighted by Gasteiger charge is -2.00. The summed E-state index contributed by atoms with van der Waals surface area (Å²) in [6.07, 6.45) is 24.7. The van der Waals surface area contributed by atoms with Crippen molar-refractivity contribution in [3.05, 3.63) is 26.0 Å². The number of hydrogen-bond donors (Lipinski definition) is 0. The maximum atomic E-state index is 3.88. The van der Waals surface area contributed by atoms with Crippen molar-refractivity contribution in [2.75, 3.05) is 0 Å². The van der Waals surface area contributed by atoms with Crippen LogP contribution < -0.4 is 0 Å². The van der Waals surface area contributed by atoms with Gasteiger partial charge in [0.2, 0.25) is 0 Å². The Hall–Kier alpha value is -0.260. The van der Waals surface area contributed by atoms with E-state index in [0.29, 0.717) is 0 Å². The Morgan fingerprint density at radius 2 is 0.737 bits per heavy atom. The molecule has 0 aromatic rings. The molecule has 0 rings (SSSR count). The summed E-state index contributed by atoms with van der Waals surface area (Å²) >= 11 is 0. The van der Waals surface area contributed by atoms with Crippen molar-refractivity contribution in [1.29, 1.82) is 0 Å². The van der Waals surface area contributed by atoms with Crippen LogP contribution in [0.15, 0.2) is 12.2 Å². The summed E-state index contributed by atoms with van der Waals surface area (Å²) in [5.74, 6) is 0. The van der Waals surface area contributed by atoms with Crippen molar-refractivity contribution < 1.29 is 0 Å². The summed E-state index contributed by atoms with van der Waals surface area (Å²) in [6, 6.07) is 0. The zero-order valence-electron chi connectivity index (χ0n) is 13.2. The van der Waals surface area contributed by atoms with E-state index in [1.54, 1.807) is 0 Å². The molecule has 0 unspecified atom stereocenters. The van der Waals surface area contributed by atoms with Gasteiger partial charge in [-0.25, -0.2) is 0 Å². The van der Waals surface area contributed by atoms with E-state index in [2.05, 4.69) is 26.0 Å². The van der Waals surface area contributed by atoms with Gasteiger partial charge < -0.3 is 0 Å². The Labute approximate surface area is 123 Å². The van der Waals surface area contributed by atoms with Crippen LogP contribution in [0.25, 0.3) is 0 Å². The van der Waals surface area contributed by atoms with Crippen LogP contribution in [0.5, 0.6) is 0 Å². The van der Waals surface area contributed by atoms with Gasteiger partial charge in [0.05, 0.1) is 0 Å². The van der Waals surface area contributed by atoms with Crippen LogP contribution in [0.2, 0.25) is 0 Å². The van der Waals surface area contributed by atoms with Crippen molar-refractivity contribution in [3.8, 4) is 0 Å². The summed E-state index contributed by atoms with van der Waals surface area (Å²) in [4.78, 5) is 0. The van der Waals surface area contributed by atoms with Gasteiger partial charge in [0.25, 0.3) is 0 Å². The lowest BCUT2D eigenvalue weighted by Crippen LogP contribution is -1.80. The molecule has 0 aliphatic heterocycles. The first-order valence-electron chi connectivity index (χ1n) is 8.65. The second kappa shape index (κ2) is 17.7. The zero-order valence-corrected chi connectivity index (χ0v) is 13.2. The third kappa shape index (κ3) is 17.7. The minimum Gasteiger partial charge on any atom is -0.0885 e. The summed E-state index contributed by atoms with van der Waals surface area (Å²) in [7, 11) is 0. The highest BCUT2D eigenvalue weighted by Crippen LogP contribution is 2.10. The van der Waals surface area contributed by atoms with E-state index in [4.69, 9.17) is 0 Å². The lowest BCUT2D eigenvalue weighted by atomic mass is 10.1. The SMILES string of the molecule is [CH2]CCCCCC/C=C/CCCCCCCCC[CH2]. The molecular formula is C19H36. The predicted molar refractivity (Wildman–Crippen MR) is 89.1 cm³/mol. The molecule has 112 valence electrons. The Morgan fingerprint density at radius 3 is 1.11 bits per heavy atom. The van der Waals surface area contributed by atoms with E-state index < -0.39 is 0 Å². The minimum absolute atomic E-state index is 1.10. The Bertz CT molecular complexity index is 169. The van der Waals surface area contributed by atoms with Crippen LogP contribution in [0.1, 0.15) is 96.3 Å². The first-order valence-corrected chi connectivity index (χ1v) is 8.65. The first-order chi connectivity index (χ1) is 9.41. The molecule has 0 fully saturated rings. The Balaban J connectivity index is 3.00. The van der Waals surface area contributed by atoms with E-state index in [9.17, 15) is 0 Å². The molecule has 0 bridgehead atoms. The van der Waals surface area contributed by atoms with E-state index >= 15 is 0 Å². The molecule has 2 radical (unpaired) electrons. The monoisotopic (exact) mass is 264 g/mol. The smallest absolute Gasteiger partial charge is 0.0351 e. The van der Waals surface area contributed by atoms with Gasteiger partial charge in [0.15, 0.2) is 0 Å². The van der Waals surface area contributed by atoms with Gasteiger partial charge in [-0.3, -0.25) is 0 Å². The summed E-state index contributed by atoms with van der Waals surface area (Å²) in [5.41, 5.74) is 0. The predicted octanol–water partition coefficient (Wildman–Crippen LogP) is 7.06. The van der Waals surface area contributed by atoms with Gasteiger partial charge in [-0.15, -0.1) is 0 Å². The molecule has 0 aliphatic carbocycles. The van der Waals surface area contributed by atoms with Crippen LogP contribution in [0.3, 0.4) is 0 Å². The fraction of sp³-hybridized carbons (Fsp3) is 0.789. The zero-order chi connectivity index (χ0) is 14.0. The van der Waals surface area contributed by atoms with Crippen molar-refractivity contribution in [1.82, 2.24) is 0 Å². The van der Waals surface area contributed by atoms with E-state index in [1.165, 1.54) is 83.5 Å². The van der Waals surface area contributed by atoms with Crippen LogP contribution in [-0.4, -0.2) is 0 Å². The standard InChI is InChI=1S/C19H36/c1-3-5-7-9-11-13-15-17-19-18-16-14-12-10-8-6-4-2/h15,17H,1-14,16,18-19H2/b17-15+. The van der Waals surface area contributed by atoms with Gasteiger partial charge >= 0.3 is 0 Å². The number of allylic oxidation sites excluding steroid dienone is 2. The van der Waals surface area contributed by atoms with E-state index in [-0.39, 0.29) is 0 Å². The van der Waals surface area contributed by atoms with Gasteiger partial charge in [-0.05, 0) is 25.7 Å². The quantitative estimate of drug-likeness (QED) is 0.219. The molecular weight excluding hydrogens is 228 g/mol. The highest BCUT2D eigenvalue weighted by molar-refractivity contribution is 4.81. The highest BCUT2D eigenvalue weighted by atomic mass is 14.0. The van der Waals surface area contributed by atoms with Crippen molar-refractivity contribution in [3.63, 3.8) is 0 Å². The maximum Gasteiger partial charge on any atom is -0.0351 e. The largest absolute Gasteiger partial charge is 0.0885 e. The normalized spacial score (nSPS) is 11.5. The fourth-order valence-electron chi connectivity index (χ4n) is 2.35. The molecule has 0 saturated heterocycles. The number of rotatable bonds is 15.